The van der Waals surface area contributed by atoms with E-state index in [2.05, 4.69) is 19.1 Å². The van der Waals surface area contributed by atoms with Gasteiger partial charge in [-0.05, 0) is 50.3 Å². The van der Waals surface area contributed by atoms with Crippen LogP contribution >= 0.6 is 11.8 Å². The number of aliphatic hydroxyl groups is 1. The zero-order valence-corrected chi connectivity index (χ0v) is 11.3. The van der Waals surface area contributed by atoms with Crippen molar-refractivity contribution >= 4 is 11.8 Å². The van der Waals surface area contributed by atoms with Crippen molar-refractivity contribution in [3.63, 3.8) is 0 Å². The number of rotatable bonds is 3. The number of aryl methyl sites for hydroxylation is 1. The monoisotopic (exact) mass is 252 g/mol. The molecule has 0 spiro atoms. The quantitative estimate of drug-likeness (QED) is 0.894. The fraction of sp³-hybridized carbons (Fsp3) is 0.571. The van der Waals surface area contributed by atoms with Crippen LogP contribution < -0.4 is 4.74 Å². The maximum Gasteiger partial charge on any atom is 0.132 e. The van der Waals surface area contributed by atoms with Crippen LogP contribution in [0.25, 0.3) is 0 Å². The molecule has 1 aliphatic rings. The van der Waals surface area contributed by atoms with Crippen LogP contribution in [-0.4, -0.2) is 23.6 Å². The van der Waals surface area contributed by atoms with E-state index in [1.165, 1.54) is 10.5 Å². The molecule has 1 N–H and O–H groups in total. The van der Waals surface area contributed by atoms with Crippen LogP contribution in [0.4, 0.5) is 0 Å². The van der Waals surface area contributed by atoms with Gasteiger partial charge in [-0.2, -0.15) is 0 Å². The first-order chi connectivity index (χ1) is 8.19. The molecule has 2 rings (SSSR count). The van der Waals surface area contributed by atoms with Crippen LogP contribution in [0.2, 0.25) is 0 Å². The Kier molecular flexibility index (Phi) is 4.35. The molecule has 0 radical (unpaired) electrons. The van der Waals surface area contributed by atoms with Crippen molar-refractivity contribution in [3.8, 4) is 5.75 Å². The van der Waals surface area contributed by atoms with E-state index >= 15 is 0 Å². The number of hydrogen-bond acceptors (Lipinski definition) is 3. The van der Waals surface area contributed by atoms with E-state index in [9.17, 15) is 5.11 Å². The molecule has 0 saturated heterocycles. The van der Waals surface area contributed by atoms with Gasteiger partial charge in [0.2, 0.25) is 0 Å². The molecule has 0 heterocycles. The number of benzene rings is 1. The van der Waals surface area contributed by atoms with Crippen molar-refractivity contribution in [2.75, 3.05) is 7.11 Å². The van der Waals surface area contributed by atoms with Crippen molar-refractivity contribution < 1.29 is 9.84 Å². The Balaban J connectivity index is 2.04. The van der Waals surface area contributed by atoms with Crippen molar-refractivity contribution in [2.45, 2.75) is 48.9 Å². The zero-order chi connectivity index (χ0) is 12.3. The molecule has 94 valence electrons. The average Bonchev–Trinajstić information content (AvgIpc) is 2.32. The van der Waals surface area contributed by atoms with Gasteiger partial charge in [0.1, 0.15) is 5.75 Å². The van der Waals surface area contributed by atoms with Gasteiger partial charge in [-0.1, -0.05) is 6.07 Å². The number of hydrogen-bond donors (Lipinski definition) is 1. The topological polar surface area (TPSA) is 29.5 Å². The standard InChI is InChI=1S/C14H20O2S/c1-10-3-8-13(16-2)14(9-10)17-12-6-4-11(15)5-7-12/h3,8-9,11-12,15H,4-7H2,1-2H3. The Labute approximate surface area is 107 Å². The third-order valence-electron chi connectivity index (χ3n) is 3.26. The third-order valence-corrected chi connectivity index (χ3v) is 4.63. The molecule has 1 aromatic carbocycles. The second-order valence-electron chi connectivity index (χ2n) is 4.70. The van der Waals surface area contributed by atoms with Crippen LogP contribution in [0.15, 0.2) is 23.1 Å². The number of aliphatic hydroxyl groups excluding tert-OH is 1. The Hall–Kier alpha value is -0.670. The van der Waals surface area contributed by atoms with Gasteiger partial charge in [0, 0.05) is 10.1 Å². The highest BCUT2D eigenvalue weighted by Gasteiger charge is 2.21. The van der Waals surface area contributed by atoms with Crippen molar-refractivity contribution in [3.05, 3.63) is 23.8 Å². The molecule has 0 amide bonds. The third kappa shape index (κ3) is 3.39. The highest BCUT2D eigenvalue weighted by Crippen LogP contribution is 2.38. The zero-order valence-electron chi connectivity index (χ0n) is 10.5. The van der Waals surface area contributed by atoms with Gasteiger partial charge in [-0.3, -0.25) is 0 Å². The summed E-state index contributed by atoms with van der Waals surface area (Å²) in [5.74, 6) is 0.965. The number of methoxy groups -OCH3 is 1. The van der Waals surface area contributed by atoms with Gasteiger partial charge in [0.15, 0.2) is 0 Å². The molecule has 1 fully saturated rings. The van der Waals surface area contributed by atoms with Gasteiger partial charge >= 0.3 is 0 Å². The van der Waals surface area contributed by atoms with Gasteiger partial charge < -0.3 is 9.84 Å². The smallest absolute Gasteiger partial charge is 0.132 e. The fourth-order valence-corrected chi connectivity index (χ4v) is 3.61. The molecule has 0 unspecified atom stereocenters. The first-order valence-electron chi connectivity index (χ1n) is 6.18. The largest absolute Gasteiger partial charge is 0.496 e. The first kappa shape index (κ1) is 12.8. The van der Waals surface area contributed by atoms with Crippen molar-refractivity contribution in [2.24, 2.45) is 0 Å². The van der Waals surface area contributed by atoms with E-state index in [1.54, 1.807) is 7.11 Å². The molecular formula is C14H20O2S. The predicted molar refractivity (Wildman–Crippen MR) is 71.9 cm³/mol. The summed E-state index contributed by atoms with van der Waals surface area (Å²) in [5.41, 5.74) is 1.27. The summed E-state index contributed by atoms with van der Waals surface area (Å²) in [5, 5.41) is 10.1. The number of thioether (sulfide) groups is 1. The second kappa shape index (κ2) is 5.78. The summed E-state index contributed by atoms with van der Waals surface area (Å²) >= 11 is 1.90. The second-order valence-corrected chi connectivity index (χ2v) is 6.04. The minimum atomic E-state index is -0.0775. The molecule has 0 bridgehead atoms. The molecule has 17 heavy (non-hydrogen) atoms. The summed E-state index contributed by atoms with van der Waals surface area (Å²) in [4.78, 5) is 1.23. The molecule has 1 saturated carbocycles. The lowest BCUT2D eigenvalue weighted by molar-refractivity contribution is 0.132. The van der Waals surface area contributed by atoms with Crippen molar-refractivity contribution in [1.82, 2.24) is 0 Å². The van der Waals surface area contributed by atoms with Crippen LogP contribution in [0, 0.1) is 6.92 Å². The minimum Gasteiger partial charge on any atom is -0.496 e. The Morgan fingerprint density at radius 3 is 2.59 bits per heavy atom. The predicted octanol–water partition coefficient (Wildman–Crippen LogP) is 3.40. The van der Waals surface area contributed by atoms with Gasteiger partial charge in [-0.25, -0.2) is 0 Å². The lowest BCUT2D eigenvalue weighted by atomic mass is 9.97. The summed E-state index contributed by atoms with van der Waals surface area (Å²) in [6, 6.07) is 6.30. The van der Waals surface area contributed by atoms with Crippen LogP contribution in [-0.2, 0) is 0 Å². The van der Waals surface area contributed by atoms with Gasteiger partial charge in [0.25, 0.3) is 0 Å². The van der Waals surface area contributed by atoms with E-state index < -0.39 is 0 Å². The fourth-order valence-electron chi connectivity index (χ4n) is 2.22. The summed E-state index contributed by atoms with van der Waals surface area (Å²) in [6.45, 7) is 2.11. The highest BCUT2D eigenvalue weighted by atomic mass is 32.2. The van der Waals surface area contributed by atoms with Gasteiger partial charge in [-0.15, -0.1) is 11.8 Å². The lowest BCUT2D eigenvalue weighted by Gasteiger charge is -2.25. The van der Waals surface area contributed by atoms with Crippen LogP contribution in [0.3, 0.4) is 0 Å². The lowest BCUT2D eigenvalue weighted by Crippen LogP contribution is -2.19. The molecule has 2 nitrogen and oxygen atoms in total. The molecule has 1 aliphatic carbocycles. The van der Waals surface area contributed by atoms with E-state index in [4.69, 9.17) is 4.74 Å². The maximum absolute atomic E-state index is 9.50. The Morgan fingerprint density at radius 1 is 1.24 bits per heavy atom. The van der Waals surface area contributed by atoms with Gasteiger partial charge in [0.05, 0.1) is 13.2 Å². The van der Waals surface area contributed by atoms with E-state index in [0.29, 0.717) is 5.25 Å². The number of ether oxygens (including phenoxy) is 1. The average molecular weight is 252 g/mol. The highest BCUT2D eigenvalue weighted by molar-refractivity contribution is 8.00. The summed E-state index contributed by atoms with van der Waals surface area (Å²) < 4.78 is 5.39. The Morgan fingerprint density at radius 2 is 1.94 bits per heavy atom. The van der Waals surface area contributed by atoms with E-state index in [1.807, 2.05) is 17.8 Å². The molecule has 1 aromatic rings. The van der Waals surface area contributed by atoms with E-state index in [0.717, 1.165) is 31.4 Å². The minimum absolute atomic E-state index is 0.0775. The first-order valence-corrected chi connectivity index (χ1v) is 7.06. The molecule has 0 atom stereocenters. The molecule has 0 aromatic heterocycles. The molecular weight excluding hydrogens is 232 g/mol. The van der Waals surface area contributed by atoms with Crippen LogP contribution in [0.5, 0.6) is 5.75 Å². The molecule has 0 aliphatic heterocycles. The SMILES string of the molecule is COc1ccc(C)cc1SC1CCC(O)CC1. The van der Waals surface area contributed by atoms with E-state index in [-0.39, 0.29) is 6.10 Å². The van der Waals surface area contributed by atoms with Crippen LogP contribution in [0.1, 0.15) is 31.2 Å². The molecule has 3 heteroatoms. The maximum atomic E-state index is 9.50. The van der Waals surface area contributed by atoms with Crippen molar-refractivity contribution in [1.29, 1.82) is 0 Å². The Bertz CT molecular complexity index is 370. The normalized spacial score (nSPS) is 24.6. The summed E-state index contributed by atoms with van der Waals surface area (Å²) in [7, 11) is 1.72. The summed E-state index contributed by atoms with van der Waals surface area (Å²) in [6.07, 6.45) is 4.00.